The molecule has 1 heterocycles. The van der Waals surface area contributed by atoms with Crippen LogP contribution in [-0.4, -0.2) is 17.6 Å². The molecule has 13 heavy (non-hydrogen) atoms. The van der Waals surface area contributed by atoms with Gasteiger partial charge in [-0.25, -0.2) is 4.98 Å². The van der Waals surface area contributed by atoms with Gasteiger partial charge in [-0.1, -0.05) is 6.07 Å². The van der Waals surface area contributed by atoms with Gasteiger partial charge in [-0.2, -0.15) is 5.26 Å². The summed E-state index contributed by atoms with van der Waals surface area (Å²) in [5.41, 5.74) is 5.97. The lowest BCUT2D eigenvalue weighted by Crippen LogP contribution is -2.25. The molecule has 0 aromatic carbocycles. The van der Waals surface area contributed by atoms with Crippen LogP contribution in [0.5, 0.6) is 0 Å². The predicted molar refractivity (Wildman–Crippen MR) is 51.1 cm³/mol. The molecule has 4 nitrogen and oxygen atoms in total. The Labute approximate surface area is 77.4 Å². The van der Waals surface area contributed by atoms with Crippen molar-refractivity contribution < 1.29 is 0 Å². The van der Waals surface area contributed by atoms with E-state index in [2.05, 4.69) is 10.3 Å². The number of anilines is 1. The highest BCUT2D eigenvalue weighted by molar-refractivity contribution is 5.38. The first-order chi connectivity index (χ1) is 6.22. The zero-order valence-electron chi connectivity index (χ0n) is 7.49. The van der Waals surface area contributed by atoms with Crippen molar-refractivity contribution in [3.05, 3.63) is 23.9 Å². The first-order valence-electron chi connectivity index (χ1n) is 4.09. The summed E-state index contributed by atoms with van der Waals surface area (Å²) in [5, 5.41) is 11.6. The number of nitrogens with zero attached hydrogens (tertiary/aromatic N) is 2. The Kier molecular flexibility index (Phi) is 3.23. The second kappa shape index (κ2) is 4.43. The lowest BCUT2D eigenvalue weighted by Gasteiger charge is -2.07. The van der Waals surface area contributed by atoms with E-state index in [1.807, 2.05) is 19.1 Å². The molecule has 0 spiro atoms. The van der Waals surface area contributed by atoms with Crippen LogP contribution in [0.25, 0.3) is 0 Å². The van der Waals surface area contributed by atoms with Crippen LogP contribution in [0.15, 0.2) is 18.2 Å². The third-order valence-corrected chi connectivity index (χ3v) is 1.47. The third kappa shape index (κ3) is 3.09. The van der Waals surface area contributed by atoms with E-state index in [-0.39, 0.29) is 6.04 Å². The van der Waals surface area contributed by atoms with Crippen LogP contribution in [0.4, 0.5) is 5.82 Å². The Morgan fingerprint density at radius 1 is 1.69 bits per heavy atom. The number of aromatic nitrogens is 1. The van der Waals surface area contributed by atoms with E-state index in [1.54, 1.807) is 12.1 Å². The standard InChI is InChI=1S/C9H12N4/c1-7(11)6-12-9-4-2-3-8(5-10)13-9/h2-4,7H,6,11H2,1H3,(H,12,13). The summed E-state index contributed by atoms with van der Waals surface area (Å²) in [7, 11) is 0. The molecule has 0 aliphatic carbocycles. The molecule has 1 aromatic rings. The molecule has 0 aliphatic rings. The van der Waals surface area contributed by atoms with Gasteiger partial charge in [0.25, 0.3) is 0 Å². The van der Waals surface area contributed by atoms with Crippen LogP contribution >= 0.6 is 0 Å². The number of hydrogen-bond acceptors (Lipinski definition) is 4. The minimum atomic E-state index is 0.0764. The average Bonchev–Trinajstić information content (AvgIpc) is 2.15. The molecule has 1 atom stereocenters. The van der Waals surface area contributed by atoms with E-state index in [9.17, 15) is 0 Å². The highest BCUT2D eigenvalue weighted by Gasteiger charge is 1.97. The fraction of sp³-hybridized carbons (Fsp3) is 0.333. The fourth-order valence-electron chi connectivity index (χ4n) is 0.861. The van der Waals surface area contributed by atoms with Crippen molar-refractivity contribution in [3.63, 3.8) is 0 Å². The zero-order chi connectivity index (χ0) is 9.68. The van der Waals surface area contributed by atoms with Gasteiger partial charge in [0.2, 0.25) is 0 Å². The lowest BCUT2D eigenvalue weighted by atomic mass is 10.3. The van der Waals surface area contributed by atoms with Gasteiger partial charge in [0.05, 0.1) is 0 Å². The Bertz CT molecular complexity index is 314. The quantitative estimate of drug-likeness (QED) is 0.711. The van der Waals surface area contributed by atoms with Gasteiger partial charge in [0.15, 0.2) is 0 Å². The maximum absolute atomic E-state index is 8.57. The summed E-state index contributed by atoms with van der Waals surface area (Å²) in [4.78, 5) is 4.04. The molecule has 3 N–H and O–H groups in total. The molecule has 1 aromatic heterocycles. The van der Waals surface area contributed by atoms with Gasteiger partial charge in [-0.15, -0.1) is 0 Å². The predicted octanol–water partition coefficient (Wildman–Crippen LogP) is 0.712. The van der Waals surface area contributed by atoms with Crippen molar-refractivity contribution in [3.8, 4) is 6.07 Å². The second-order valence-electron chi connectivity index (χ2n) is 2.88. The molecular formula is C9H12N4. The summed E-state index contributed by atoms with van der Waals surface area (Å²) in [6, 6.07) is 7.31. The van der Waals surface area contributed by atoms with Gasteiger partial charge in [-0.3, -0.25) is 0 Å². The van der Waals surface area contributed by atoms with Crippen molar-refractivity contribution in [2.45, 2.75) is 13.0 Å². The lowest BCUT2D eigenvalue weighted by molar-refractivity contribution is 0.777. The maximum Gasteiger partial charge on any atom is 0.142 e. The molecular weight excluding hydrogens is 164 g/mol. The summed E-state index contributed by atoms with van der Waals surface area (Å²) >= 11 is 0. The van der Waals surface area contributed by atoms with Crippen LogP contribution in [0.3, 0.4) is 0 Å². The molecule has 0 bridgehead atoms. The Balaban J connectivity index is 2.63. The van der Waals surface area contributed by atoms with E-state index >= 15 is 0 Å². The van der Waals surface area contributed by atoms with E-state index in [4.69, 9.17) is 11.0 Å². The highest BCUT2D eigenvalue weighted by atomic mass is 15.0. The molecule has 0 fully saturated rings. The van der Waals surface area contributed by atoms with E-state index in [1.165, 1.54) is 0 Å². The largest absolute Gasteiger partial charge is 0.368 e. The van der Waals surface area contributed by atoms with E-state index in [0.29, 0.717) is 18.1 Å². The topological polar surface area (TPSA) is 74.7 Å². The molecule has 0 radical (unpaired) electrons. The molecule has 1 rings (SSSR count). The molecule has 0 aliphatic heterocycles. The molecule has 0 saturated carbocycles. The number of rotatable bonds is 3. The summed E-state index contributed by atoms with van der Waals surface area (Å²) in [6.45, 7) is 2.56. The first kappa shape index (κ1) is 9.49. The minimum Gasteiger partial charge on any atom is -0.368 e. The average molecular weight is 176 g/mol. The monoisotopic (exact) mass is 176 g/mol. The molecule has 68 valence electrons. The molecule has 0 saturated heterocycles. The summed E-state index contributed by atoms with van der Waals surface area (Å²) in [5.74, 6) is 0.691. The van der Waals surface area contributed by atoms with Crippen LogP contribution < -0.4 is 11.1 Å². The Morgan fingerprint density at radius 3 is 3.08 bits per heavy atom. The van der Waals surface area contributed by atoms with Crippen LogP contribution in [0.2, 0.25) is 0 Å². The normalized spacial score (nSPS) is 11.8. The zero-order valence-corrected chi connectivity index (χ0v) is 7.49. The Hall–Kier alpha value is -1.60. The molecule has 0 amide bonds. The SMILES string of the molecule is CC(N)CNc1cccc(C#N)n1. The summed E-state index contributed by atoms with van der Waals surface area (Å²) < 4.78 is 0. The highest BCUT2D eigenvalue weighted by Crippen LogP contribution is 2.03. The van der Waals surface area contributed by atoms with Crippen LogP contribution in [0, 0.1) is 11.3 Å². The molecule has 1 unspecified atom stereocenters. The van der Waals surface area contributed by atoms with Crippen LogP contribution in [-0.2, 0) is 0 Å². The second-order valence-corrected chi connectivity index (χ2v) is 2.88. The van der Waals surface area contributed by atoms with E-state index in [0.717, 1.165) is 0 Å². The number of nitrogens with one attached hydrogen (secondary N) is 1. The van der Waals surface area contributed by atoms with Gasteiger partial charge in [0, 0.05) is 12.6 Å². The first-order valence-corrected chi connectivity index (χ1v) is 4.09. The summed E-state index contributed by atoms with van der Waals surface area (Å²) in [6.07, 6.45) is 0. The van der Waals surface area contributed by atoms with Crippen molar-refractivity contribution in [2.75, 3.05) is 11.9 Å². The van der Waals surface area contributed by atoms with Gasteiger partial charge in [0.1, 0.15) is 17.6 Å². The van der Waals surface area contributed by atoms with Gasteiger partial charge in [-0.05, 0) is 19.1 Å². The van der Waals surface area contributed by atoms with Crippen molar-refractivity contribution in [1.82, 2.24) is 4.98 Å². The molecule has 4 heteroatoms. The van der Waals surface area contributed by atoms with Gasteiger partial charge >= 0.3 is 0 Å². The number of nitriles is 1. The maximum atomic E-state index is 8.57. The number of pyridine rings is 1. The van der Waals surface area contributed by atoms with Gasteiger partial charge < -0.3 is 11.1 Å². The third-order valence-electron chi connectivity index (χ3n) is 1.47. The number of hydrogen-bond donors (Lipinski definition) is 2. The minimum absolute atomic E-state index is 0.0764. The fourth-order valence-corrected chi connectivity index (χ4v) is 0.861. The van der Waals surface area contributed by atoms with Crippen LogP contribution in [0.1, 0.15) is 12.6 Å². The number of nitrogens with two attached hydrogens (primary N) is 1. The van der Waals surface area contributed by atoms with Crippen molar-refractivity contribution >= 4 is 5.82 Å². The van der Waals surface area contributed by atoms with Crippen molar-refractivity contribution in [2.24, 2.45) is 5.73 Å². The van der Waals surface area contributed by atoms with Crippen molar-refractivity contribution in [1.29, 1.82) is 5.26 Å². The van der Waals surface area contributed by atoms with E-state index < -0.39 is 0 Å². The smallest absolute Gasteiger partial charge is 0.142 e. The Morgan fingerprint density at radius 2 is 2.46 bits per heavy atom.